The smallest absolute Gasteiger partial charge is 0.265 e. The molecule has 0 saturated carbocycles. The Bertz CT molecular complexity index is 233. The molecular formula is C3H2BrN3O2. The molecule has 0 fully saturated rings. The van der Waals surface area contributed by atoms with E-state index in [1.807, 2.05) is 0 Å². The molecule has 0 spiro atoms. The molecule has 0 bridgehead atoms. The van der Waals surface area contributed by atoms with E-state index in [1.165, 1.54) is 0 Å². The third-order valence-corrected chi connectivity index (χ3v) is 1.35. The van der Waals surface area contributed by atoms with Gasteiger partial charge >= 0.3 is 5.69 Å². The average Bonchev–Trinajstić information content (AvgIpc) is 2.13. The van der Waals surface area contributed by atoms with E-state index in [9.17, 15) is 10.1 Å². The predicted octanol–water partition coefficient (Wildman–Crippen LogP) is 1.08. The summed E-state index contributed by atoms with van der Waals surface area (Å²) in [5.41, 5.74) is -0.0463. The molecule has 0 unspecified atom stereocenters. The summed E-state index contributed by atoms with van der Waals surface area (Å²) in [6.45, 7) is 0. The minimum Gasteiger partial charge on any atom is -0.265 e. The van der Waals surface area contributed by atoms with Gasteiger partial charge in [-0.15, -0.1) is 0 Å². The summed E-state index contributed by atoms with van der Waals surface area (Å²) in [6.07, 6.45) is 1.14. The van der Waals surface area contributed by atoms with Gasteiger partial charge in [-0.1, -0.05) is 0 Å². The van der Waals surface area contributed by atoms with Crippen LogP contribution < -0.4 is 0 Å². The Hall–Kier alpha value is -0.910. The minimum atomic E-state index is -0.520. The largest absolute Gasteiger partial charge is 0.321 e. The molecule has 48 valence electrons. The van der Waals surface area contributed by atoms with Crippen LogP contribution in [0.25, 0.3) is 0 Å². The van der Waals surface area contributed by atoms with Crippen molar-refractivity contribution in [3.63, 3.8) is 0 Å². The number of rotatable bonds is 1. The topological polar surface area (TPSA) is 71.8 Å². The third-order valence-electron chi connectivity index (χ3n) is 0.771. The van der Waals surface area contributed by atoms with E-state index >= 15 is 0 Å². The number of hydrogen-bond acceptors (Lipinski definition) is 3. The lowest BCUT2D eigenvalue weighted by molar-refractivity contribution is -0.385. The molecule has 9 heavy (non-hydrogen) atoms. The standard InChI is InChI=1S/C3H2BrN3O2/c4-3-2(7(8)9)1-5-6-3/h1H,(H,5,6). The summed E-state index contributed by atoms with van der Waals surface area (Å²) in [7, 11) is 0. The molecule has 0 saturated heterocycles. The van der Waals surface area contributed by atoms with Crippen molar-refractivity contribution in [2.45, 2.75) is 0 Å². The van der Waals surface area contributed by atoms with Gasteiger partial charge < -0.3 is 0 Å². The number of nitrogens with one attached hydrogen (secondary N) is 1. The van der Waals surface area contributed by atoms with Crippen LogP contribution in [-0.2, 0) is 0 Å². The summed E-state index contributed by atoms with van der Waals surface area (Å²) < 4.78 is 0.299. The van der Waals surface area contributed by atoms with Crippen LogP contribution in [0.3, 0.4) is 0 Å². The molecule has 0 aliphatic heterocycles. The van der Waals surface area contributed by atoms with Crippen molar-refractivity contribution in [2.75, 3.05) is 0 Å². The average molecular weight is 192 g/mol. The molecular weight excluding hydrogens is 190 g/mol. The Morgan fingerprint density at radius 3 is 2.78 bits per heavy atom. The molecule has 6 heteroatoms. The Balaban J connectivity index is 3.08. The number of aromatic nitrogens is 2. The van der Waals surface area contributed by atoms with Gasteiger partial charge in [-0.25, -0.2) is 0 Å². The van der Waals surface area contributed by atoms with Gasteiger partial charge in [0.1, 0.15) is 6.20 Å². The molecule has 0 atom stereocenters. The minimum absolute atomic E-state index is 0.0463. The first-order valence-corrected chi connectivity index (χ1v) is 2.84. The van der Waals surface area contributed by atoms with Gasteiger partial charge in [0.2, 0.25) is 0 Å². The second-order valence-electron chi connectivity index (χ2n) is 1.33. The lowest BCUT2D eigenvalue weighted by Crippen LogP contribution is -1.84. The molecule has 0 aliphatic carbocycles. The van der Waals surface area contributed by atoms with Gasteiger partial charge in [-0.3, -0.25) is 15.2 Å². The van der Waals surface area contributed by atoms with Crippen molar-refractivity contribution in [2.24, 2.45) is 0 Å². The molecule has 1 heterocycles. The molecule has 0 aromatic carbocycles. The summed E-state index contributed by atoms with van der Waals surface area (Å²) in [5, 5.41) is 15.8. The van der Waals surface area contributed by atoms with Crippen LogP contribution >= 0.6 is 15.9 Å². The number of halogens is 1. The van der Waals surface area contributed by atoms with Gasteiger partial charge in [0.15, 0.2) is 4.60 Å². The highest BCUT2D eigenvalue weighted by Crippen LogP contribution is 2.19. The zero-order valence-electron chi connectivity index (χ0n) is 4.17. The lowest BCUT2D eigenvalue weighted by atomic mass is 10.6. The van der Waals surface area contributed by atoms with Crippen molar-refractivity contribution in [3.8, 4) is 0 Å². The summed E-state index contributed by atoms with van der Waals surface area (Å²) in [6, 6.07) is 0. The lowest BCUT2D eigenvalue weighted by Gasteiger charge is -1.80. The number of nitro groups is 1. The van der Waals surface area contributed by atoms with E-state index in [2.05, 4.69) is 26.1 Å². The van der Waals surface area contributed by atoms with Gasteiger partial charge in [0.05, 0.1) is 4.92 Å². The van der Waals surface area contributed by atoms with Gasteiger partial charge in [0.25, 0.3) is 0 Å². The summed E-state index contributed by atoms with van der Waals surface area (Å²) >= 11 is 2.91. The van der Waals surface area contributed by atoms with Crippen LogP contribution in [0.5, 0.6) is 0 Å². The maximum absolute atomic E-state index is 10.00. The van der Waals surface area contributed by atoms with Crippen molar-refractivity contribution >= 4 is 21.6 Å². The molecule has 1 rings (SSSR count). The molecule has 1 N–H and O–H groups in total. The summed E-state index contributed by atoms with van der Waals surface area (Å²) in [4.78, 5) is 9.48. The van der Waals surface area contributed by atoms with E-state index < -0.39 is 4.92 Å². The fraction of sp³-hybridized carbons (Fsp3) is 0. The van der Waals surface area contributed by atoms with E-state index in [0.717, 1.165) is 6.20 Å². The maximum atomic E-state index is 10.00. The van der Waals surface area contributed by atoms with Gasteiger partial charge in [-0.05, 0) is 15.9 Å². The molecule has 5 nitrogen and oxygen atoms in total. The normalized spacial score (nSPS) is 9.44. The Kier molecular flexibility index (Phi) is 1.48. The van der Waals surface area contributed by atoms with Crippen LogP contribution in [0.4, 0.5) is 5.69 Å². The number of nitrogens with zero attached hydrogens (tertiary/aromatic N) is 2. The molecule has 1 aromatic heterocycles. The molecule has 0 amide bonds. The highest BCUT2D eigenvalue weighted by molar-refractivity contribution is 9.10. The number of hydrogen-bond donors (Lipinski definition) is 1. The molecule has 1 aromatic rings. The van der Waals surface area contributed by atoms with E-state index in [-0.39, 0.29) is 5.69 Å². The second kappa shape index (κ2) is 2.14. The van der Waals surface area contributed by atoms with Crippen LogP contribution in [0.2, 0.25) is 0 Å². The molecule has 0 aliphatic rings. The van der Waals surface area contributed by atoms with E-state index in [0.29, 0.717) is 4.60 Å². The second-order valence-corrected chi connectivity index (χ2v) is 2.12. The van der Waals surface area contributed by atoms with Gasteiger partial charge in [-0.2, -0.15) is 5.10 Å². The van der Waals surface area contributed by atoms with Gasteiger partial charge in [0, 0.05) is 0 Å². The quantitative estimate of drug-likeness (QED) is 0.534. The number of H-pyrrole nitrogens is 1. The first-order chi connectivity index (χ1) is 4.22. The van der Waals surface area contributed by atoms with Crippen molar-refractivity contribution in [3.05, 3.63) is 20.9 Å². The van der Waals surface area contributed by atoms with E-state index in [1.54, 1.807) is 0 Å². The van der Waals surface area contributed by atoms with Crippen LogP contribution in [0.15, 0.2) is 10.8 Å². The SMILES string of the molecule is O=[N+]([O-])c1cn[nH]c1Br. The van der Waals surface area contributed by atoms with Crippen molar-refractivity contribution in [1.29, 1.82) is 0 Å². The first kappa shape index (κ1) is 6.21. The van der Waals surface area contributed by atoms with Crippen molar-refractivity contribution in [1.82, 2.24) is 10.2 Å². The monoisotopic (exact) mass is 191 g/mol. The maximum Gasteiger partial charge on any atom is 0.321 e. The van der Waals surface area contributed by atoms with Crippen molar-refractivity contribution < 1.29 is 4.92 Å². The highest BCUT2D eigenvalue weighted by Gasteiger charge is 2.11. The van der Waals surface area contributed by atoms with Crippen LogP contribution in [0, 0.1) is 10.1 Å². The Labute approximate surface area is 58.3 Å². The third kappa shape index (κ3) is 1.07. The predicted molar refractivity (Wildman–Crippen MR) is 32.9 cm³/mol. The van der Waals surface area contributed by atoms with Crippen LogP contribution in [-0.4, -0.2) is 15.1 Å². The Morgan fingerprint density at radius 2 is 2.56 bits per heavy atom. The fourth-order valence-corrected chi connectivity index (χ4v) is 0.741. The number of aromatic amines is 1. The summed E-state index contributed by atoms with van der Waals surface area (Å²) in [5.74, 6) is 0. The Morgan fingerprint density at radius 1 is 1.89 bits per heavy atom. The highest BCUT2D eigenvalue weighted by atomic mass is 79.9. The zero-order chi connectivity index (χ0) is 6.85. The van der Waals surface area contributed by atoms with Crippen LogP contribution in [0.1, 0.15) is 0 Å². The first-order valence-electron chi connectivity index (χ1n) is 2.05. The van der Waals surface area contributed by atoms with E-state index in [4.69, 9.17) is 0 Å². The molecule has 0 radical (unpaired) electrons. The fourth-order valence-electron chi connectivity index (χ4n) is 0.391. The zero-order valence-corrected chi connectivity index (χ0v) is 5.75.